The topological polar surface area (TPSA) is 36.4 Å². The number of guanidine groups is 1. The van der Waals surface area contributed by atoms with Gasteiger partial charge in [0.05, 0.1) is 0 Å². The van der Waals surface area contributed by atoms with Crippen molar-refractivity contribution in [3.63, 3.8) is 0 Å². The van der Waals surface area contributed by atoms with Crippen molar-refractivity contribution in [2.75, 3.05) is 25.6 Å². The molecule has 116 valence electrons. The van der Waals surface area contributed by atoms with Crippen molar-refractivity contribution in [1.29, 1.82) is 0 Å². The van der Waals surface area contributed by atoms with Crippen LogP contribution >= 0.6 is 23.5 Å². The van der Waals surface area contributed by atoms with E-state index in [1.807, 2.05) is 24.1 Å². The first-order valence-electron chi connectivity index (χ1n) is 7.11. The van der Waals surface area contributed by atoms with Gasteiger partial charge in [-0.2, -0.15) is 11.8 Å². The van der Waals surface area contributed by atoms with Gasteiger partial charge in [0.1, 0.15) is 5.82 Å². The van der Waals surface area contributed by atoms with Crippen LogP contribution in [0.2, 0.25) is 0 Å². The summed E-state index contributed by atoms with van der Waals surface area (Å²) in [5, 5.41) is 7.29. The fourth-order valence-electron chi connectivity index (χ4n) is 2.30. The Bertz CT molecular complexity index is 488. The predicted molar refractivity (Wildman–Crippen MR) is 91.9 cm³/mol. The van der Waals surface area contributed by atoms with Gasteiger partial charge in [-0.25, -0.2) is 4.39 Å². The van der Waals surface area contributed by atoms with E-state index in [0.717, 1.165) is 23.0 Å². The second-order valence-electron chi connectivity index (χ2n) is 4.90. The number of hydrogen-bond donors (Lipinski definition) is 2. The summed E-state index contributed by atoms with van der Waals surface area (Å²) in [6, 6.07) is 4.90. The van der Waals surface area contributed by atoms with Gasteiger partial charge in [0.2, 0.25) is 0 Å². The van der Waals surface area contributed by atoms with E-state index in [9.17, 15) is 4.39 Å². The molecule has 3 nitrogen and oxygen atoms in total. The first-order valence-corrected chi connectivity index (χ1v) is 9.39. The third-order valence-electron chi connectivity index (χ3n) is 3.43. The molecule has 1 heterocycles. The monoisotopic (exact) mass is 327 g/mol. The van der Waals surface area contributed by atoms with Crippen molar-refractivity contribution in [2.45, 2.75) is 29.5 Å². The van der Waals surface area contributed by atoms with Crippen molar-refractivity contribution in [3.05, 3.63) is 29.6 Å². The molecule has 0 bridgehead atoms. The van der Waals surface area contributed by atoms with E-state index in [4.69, 9.17) is 0 Å². The van der Waals surface area contributed by atoms with E-state index < -0.39 is 0 Å². The Kier molecular flexibility index (Phi) is 6.70. The Morgan fingerprint density at radius 2 is 2.33 bits per heavy atom. The van der Waals surface area contributed by atoms with Crippen LogP contribution in [0.4, 0.5) is 4.39 Å². The zero-order valence-corrected chi connectivity index (χ0v) is 14.1. The molecule has 1 atom stereocenters. The minimum Gasteiger partial charge on any atom is -0.355 e. The SMILES string of the molecule is CN=C(NCc1cc(F)ccc1SC)NCC1CCCS1. The molecule has 6 heteroatoms. The van der Waals surface area contributed by atoms with Crippen molar-refractivity contribution < 1.29 is 4.39 Å². The zero-order chi connectivity index (χ0) is 15.1. The standard InChI is InChI=1S/C15H22FN3S2/c1-17-15(19-10-13-4-3-7-21-13)18-9-11-8-12(16)5-6-14(11)20-2/h5-6,8,13H,3-4,7,9-10H2,1-2H3,(H2,17,18,19). The van der Waals surface area contributed by atoms with Gasteiger partial charge in [-0.15, -0.1) is 11.8 Å². The molecule has 1 fully saturated rings. The summed E-state index contributed by atoms with van der Waals surface area (Å²) in [7, 11) is 1.76. The molecule has 1 unspecified atom stereocenters. The fraction of sp³-hybridized carbons (Fsp3) is 0.533. The summed E-state index contributed by atoms with van der Waals surface area (Å²) in [6.07, 6.45) is 4.58. The van der Waals surface area contributed by atoms with Gasteiger partial charge in [0.25, 0.3) is 0 Å². The van der Waals surface area contributed by atoms with Crippen LogP contribution in [0, 0.1) is 5.82 Å². The zero-order valence-electron chi connectivity index (χ0n) is 12.5. The number of hydrogen-bond acceptors (Lipinski definition) is 3. The largest absolute Gasteiger partial charge is 0.355 e. The van der Waals surface area contributed by atoms with Gasteiger partial charge in [-0.3, -0.25) is 4.99 Å². The lowest BCUT2D eigenvalue weighted by molar-refractivity contribution is 0.622. The molecule has 1 aliphatic heterocycles. The summed E-state index contributed by atoms with van der Waals surface area (Å²) in [5.41, 5.74) is 0.959. The molecule has 1 aromatic rings. The molecule has 1 aliphatic rings. The Hall–Kier alpha value is -0.880. The molecule has 1 aromatic carbocycles. The van der Waals surface area contributed by atoms with E-state index in [0.29, 0.717) is 11.8 Å². The minimum absolute atomic E-state index is 0.199. The summed E-state index contributed by atoms with van der Waals surface area (Å²) >= 11 is 3.65. The van der Waals surface area contributed by atoms with Crippen LogP contribution in [0.1, 0.15) is 18.4 Å². The molecule has 0 aromatic heterocycles. The van der Waals surface area contributed by atoms with Crippen molar-refractivity contribution >= 4 is 29.5 Å². The van der Waals surface area contributed by atoms with Crippen LogP contribution in [0.15, 0.2) is 28.1 Å². The Labute approximate surface area is 134 Å². The molecule has 0 radical (unpaired) electrons. The van der Waals surface area contributed by atoms with Crippen molar-refractivity contribution in [3.8, 4) is 0 Å². The maximum Gasteiger partial charge on any atom is 0.191 e. The van der Waals surface area contributed by atoms with Crippen LogP contribution in [0.3, 0.4) is 0 Å². The molecular weight excluding hydrogens is 305 g/mol. The molecule has 0 spiro atoms. The highest BCUT2D eigenvalue weighted by molar-refractivity contribution is 8.00. The Morgan fingerprint density at radius 1 is 1.48 bits per heavy atom. The molecule has 0 amide bonds. The smallest absolute Gasteiger partial charge is 0.191 e. The lowest BCUT2D eigenvalue weighted by Gasteiger charge is -2.15. The first kappa shape index (κ1) is 16.5. The van der Waals surface area contributed by atoms with E-state index >= 15 is 0 Å². The van der Waals surface area contributed by atoms with Gasteiger partial charge in [0.15, 0.2) is 5.96 Å². The second kappa shape index (κ2) is 8.54. The van der Waals surface area contributed by atoms with Crippen LogP contribution < -0.4 is 10.6 Å². The number of rotatable bonds is 5. The van der Waals surface area contributed by atoms with Crippen LogP contribution in [-0.2, 0) is 6.54 Å². The van der Waals surface area contributed by atoms with E-state index in [-0.39, 0.29) is 5.82 Å². The number of aliphatic imine (C=N–C) groups is 1. The quantitative estimate of drug-likeness (QED) is 0.495. The molecule has 1 saturated heterocycles. The first-order chi connectivity index (χ1) is 10.2. The fourth-order valence-corrected chi connectivity index (χ4v) is 4.10. The number of benzene rings is 1. The minimum atomic E-state index is -0.199. The molecule has 0 saturated carbocycles. The summed E-state index contributed by atoms with van der Waals surface area (Å²) in [6.45, 7) is 1.51. The number of thioether (sulfide) groups is 2. The summed E-state index contributed by atoms with van der Waals surface area (Å²) in [5.74, 6) is 1.84. The van der Waals surface area contributed by atoms with Crippen LogP contribution in [0.5, 0.6) is 0 Å². The maximum atomic E-state index is 13.4. The normalized spacial score (nSPS) is 18.8. The van der Waals surface area contributed by atoms with Gasteiger partial charge >= 0.3 is 0 Å². The Morgan fingerprint density at radius 3 is 3.00 bits per heavy atom. The van der Waals surface area contributed by atoms with Crippen molar-refractivity contribution in [1.82, 2.24) is 10.6 Å². The third kappa shape index (κ3) is 5.11. The molecule has 0 aliphatic carbocycles. The average Bonchev–Trinajstić information content (AvgIpc) is 3.01. The third-order valence-corrected chi connectivity index (χ3v) is 5.67. The number of halogens is 1. The number of nitrogens with one attached hydrogen (secondary N) is 2. The molecule has 2 rings (SSSR count). The molecule has 21 heavy (non-hydrogen) atoms. The van der Waals surface area contributed by atoms with E-state index in [1.165, 1.54) is 24.7 Å². The molecule has 2 N–H and O–H groups in total. The van der Waals surface area contributed by atoms with Crippen LogP contribution in [0.25, 0.3) is 0 Å². The summed E-state index contributed by atoms with van der Waals surface area (Å²) in [4.78, 5) is 5.32. The van der Waals surface area contributed by atoms with E-state index in [1.54, 1.807) is 24.9 Å². The van der Waals surface area contributed by atoms with Gasteiger partial charge in [0, 0.05) is 30.3 Å². The van der Waals surface area contributed by atoms with E-state index in [2.05, 4.69) is 15.6 Å². The highest BCUT2D eigenvalue weighted by Gasteiger charge is 2.15. The highest BCUT2D eigenvalue weighted by atomic mass is 32.2. The lowest BCUT2D eigenvalue weighted by Crippen LogP contribution is -2.39. The Balaban J connectivity index is 1.86. The van der Waals surface area contributed by atoms with Crippen LogP contribution in [-0.4, -0.2) is 36.8 Å². The number of nitrogens with zero attached hydrogens (tertiary/aromatic N) is 1. The van der Waals surface area contributed by atoms with Crippen molar-refractivity contribution in [2.24, 2.45) is 4.99 Å². The lowest BCUT2D eigenvalue weighted by atomic mass is 10.2. The molecular formula is C15H22FN3S2. The predicted octanol–water partition coefficient (Wildman–Crippen LogP) is 3.11. The maximum absolute atomic E-state index is 13.4. The van der Waals surface area contributed by atoms with Gasteiger partial charge in [-0.05, 0) is 48.6 Å². The van der Waals surface area contributed by atoms with Gasteiger partial charge < -0.3 is 10.6 Å². The highest BCUT2D eigenvalue weighted by Crippen LogP contribution is 2.25. The van der Waals surface area contributed by atoms with Gasteiger partial charge in [-0.1, -0.05) is 0 Å². The summed E-state index contributed by atoms with van der Waals surface area (Å²) < 4.78 is 13.4. The second-order valence-corrected chi connectivity index (χ2v) is 7.15. The average molecular weight is 327 g/mol.